The van der Waals surface area contributed by atoms with Gasteiger partial charge in [-0.25, -0.2) is 0 Å². The Labute approximate surface area is 87.2 Å². The second kappa shape index (κ2) is 3.35. The van der Waals surface area contributed by atoms with E-state index in [4.69, 9.17) is 5.73 Å². The van der Waals surface area contributed by atoms with E-state index in [9.17, 15) is 0 Å². The van der Waals surface area contributed by atoms with E-state index in [0.717, 1.165) is 13.1 Å². The highest BCUT2D eigenvalue weighted by molar-refractivity contribution is 5.12. The summed E-state index contributed by atoms with van der Waals surface area (Å²) < 4.78 is 0. The average molecular weight is 194 g/mol. The molecule has 2 rings (SSSR count). The molecular weight excluding hydrogens is 172 g/mol. The van der Waals surface area contributed by atoms with Crippen molar-refractivity contribution in [2.45, 2.75) is 26.7 Å². The van der Waals surface area contributed by atoms with Crippen LogP contribution in [0.25, 0.3) is 0 Å². The standard InChI is InChI=1S/C12H22N2/c1-11-5-3-4-6-12(11,2)10-14(9-11)8-7-13/h3-4H,5-10,13H2,1-2H3. The number of rotatable bonds is 2. The Balaban J connectivity index is 2.15. The van der Waals surface area contributed by atoms with Crippen molar-refractivity contribution in [1.29, 1.82) is 0 Å². The van der Waals surface area contributed by atoms with Gasteiger partial charge in [-0.05, 0) is 23.7 Å². The van der Waals surface area contributed by atoms with E-state index in [2.05, 4.69) is 30.9 Å². The summed E-state index contributed by atoms with van der Waals surface area (Å²) in [7, 11) is 0. The summed E-state index contributed by atoms with van der Waals surface area (Å²) in [5.74, 6) is 0. The van der Waals surface area contributed by atoms with Crippen molar-refractivity contribution in [3.63, 3.8) is 0 Å². The van der Waals surface area contributed by atoms with E-state index in [1.807, 2.05) is 0 Å². The number of nitrogens with two attached hydrogens (primary N) is 1. The molecule has 0 aromatic heterocycles. The van der Waals surface area contributed by atoms with Gasteiger partial charge in [-0.2, -0.15) is 0 Å². The lowest BCUT2D eigenvalue weighted by atomic mass is 9.62. The Bertz CT molecular complexity index is 227. The van der Waals surface area contributed by atoms with Crippen LogP contribution in [0.4, 0.5) is 0 Å². The van der Waals surface area contributed by atoms with E-state index in [1.54, 1.807) is 0 Å². The van der Waals surface area contributed by atoms with Gasteiger partial charge in [0.2, 0.25) is 0 Å². The summed E-state index contributed by atoms with van der Waals surface area (Å²) in [6.45, 7) is 9.18. The van der Waals surface area contributed by atoms with Gasteiger partial charge < -0.3 is 10.6 Å². The fourth-order valence-electron chi connectivity index (χ4n) is 3.07. The fraction of sp³-hybridized carbons (Fsp3) is 0.833. The second-order valence-electron chi connectivity index (χ2n) is 5.50. The topological polar surface area (TPSA) is 29.3 Å². The van der Waals surface area contributed by atoms with Crippen molar-refractivity contribution >= 4 is 0 Å². The maximum absolute atomic E-state index is 5.63. The molecule has 80 valence electrons. The minimum Gasteiger partial charge on any atom is -0.329 e. The van der Waals surface area contributed by atoms with E-state index >= 15 is 0 Å². The lowest BCUT2D eigenvalue weighted by molar-refractivity contribution is 0.131. The highest BCUT2D eigenvalue weighted by Gasteiger charge is 2.51. The van der Waals surface area contributed by atoms with Crippen LogP contribution >= 0.6 is 0 Å². The lowest BCUT2D eigenvalue weighted by Gasteiger charge is -2.41. The van der Waals surface area contributed by atoms with Gasteiger partial charge in [0.1, 0.15) is 0 Å². The van der Waals surface area contributed by atoms with Crippen molar-refractivity contribution in [3.05, 3.63) is 12.2 Å². The number of fused-ring (bicyclic) bond motifs is 1. The molecular formula is C12H22N2. The van der Waals surface area contributed by atoms with Crippen molar-refractivity contribution in [2.24, 2.45) is 16.6 Å². The monoisotopic (exact) mass is 194 g/mol. The molecule has 1 heterocycles. The third-order valence-corrected chi connectivity index (χ3v) is 4.35. The predicted molar refractivity (Wildman–Crippen MR) is 60.1 cm³/mol. The van der Waals surface area contributed by atoms with Crippen LogP contribution < -0.4 is 5.73 Å². The van der Waals surface area contributed by atoms with Crippen LogP contribution in [0.5, 0.6) is 0 Å². The average Bonchev–Trinajstić information content (AvgIpc) is 2.37. The molecule has 0 spiro atoms. The van der Waals surface area contributed by atoms with Crippen molar-refractivity contribution in [3.8, 4) is 0 Å². The Hall–Kier alpha value is -0.340. The zero-order valence-corrected chi connectivity index (χ0v) is 9.42. The Morgan fingerprint density at radius 3 is 2.07 bits per heavy atom. The van der Waals surface area contributed by atoms with E-state index < -0.39 is 0 Å². The van der Waals surface area contributed by atoms with Gasteiger partial charge in [0.25, 0.3) is 0 Å². The van der Waals surface area contributed by atoms with Gasteiger partial charge in [-0.3, -0.25) is 0 Å². The van der Waals surface area contributed by atoms with Gasteiger partial charge in [-0.15, -0.1) is 0 Å². The molecule has 0 saturated carbocycles. The smallest absolute Gasteiger partial charge is 0.0105 e. The normalized spacial score (nSPS) is 42.8. The third-order valence-electron chi connectivity index (χ3n) is 4.35. The molecule has 0 radical (unpaired) electrons. The molecule has 2 unspecified atom stereocenters. The van der Waals surface area contributed by atoms with Crippen LogP contribution in [0.1, 0.15) is 26.7 Å². The van der Waals surface area contributed by atoms with Crippen LogP contribution in [0, 0.1) is 10.8 Å². The maximum atomic E-state index is 5.63. The highest BCUT2D eigenvalue weighted by atomic mass is 15.2. The summed E-state index contributed by atoms with van der Waals surface area (Å²) in [5.41, 5.74) is 6.59. The molecule has 0 aromatic carbocycles. The van der Waals surface area contributed by atoms with Crippen molar-refractivity contribution < 1.29 is 0 Å². The van der Waals surface area contributed by atoms with E-state index in [1.165, 1.54) is 25.9 Å². The quantitative estimate of drug-likeness (QED) is 0.677. The van der Waals surface area contributed by atoms with Crippen LogP contribution in [-0.4, -0.2) is 31.1 Å². The first-order valence-corrected chi connectivity index (χ1v) is 5.67. The molecule has 1 saturated heterocycles. The van der Waals surface area contributed by atoms with Gasteiger partial charge in [-0.1, -0.05) is 26.0 Å². The third kappa shape index (κ3) is 1.41. The minimum atomic E-state index is 0.483. The fourth-order valence-corrected chi connectivity index (χ4v) is 3.07. The molecule has 2 nitrogen and oxygen atoms in total. The Morgan fingerprint density at radius 2 is 1.64 bits per heavy atom. The minimum absolute atomic E-state index is 0.483. The van der Waals surface area contributed by atoms with E-state index in [-0.39, 0.29) is 0 Å². The lowest BCUT2D eigenvalue weighted by Crippen LogP contribution is -2.37. The van der Waals surface area contributed by atoms with Crippen LogP contribution in [0.2, 0.25) is 0 Å². The number of allylic oxidation sites excluding steroid dienone is 2. The number of hydrogen-bond acceptors (Lipinski definition) is 2. The highest BCUT2D eigenvalue weighted by Crippen LogP contribution is 2.52. The second-order valence-corrected chi connectivity index (χ2v) is 5.50. The van der Waals surface area contributed by atoms with Gasteiger partial charge in [0.05, 0.1) is 0 Å². The Kier molecular flexibility index (Phi) is 2.44. The van der Waals surface area contributed by atoms with Crippen molar-refractivity contribution in [1.82, 2.24) is 4.90 Å². The molecule has 2 atom stereocenters. The molecule has 0 amide bonds. The zero-order chi connectivity index (χ0) is 10.2. The molecule has 0 aromatic rings. The van der Waals surface area contributed by atoms with Crippen LogP contribution in [-0.2, 0) is 0 Å². The summed E-state index contributed by atoms with van der Waals surface area (Å²) in [6.07, 6.45) is 7.19. The molecule has 2 aliphatic rings. The van der Waals surface area contributed by atoms with Crippen LogP contribution in [0.15, 0.2) is 12.2 Å². The SMILES string of the molecule is CC12CC=CCC1(C)CN(CCN)C2. The van der Waals surface area contributed by atoms with Gasteiger partial charge >= 0.3 is 0 Å². The first-order valence-electron chi connectivity index (χ1n) is 5.67. The largest absolute Gasteiger partial charge is 0.329 e. The molecule has 1 fully saturated rings. The summed E-state index contributed by atoms with van der Waals surface area (Å²) >= 11 is 0. The first-order chi connectivity index (χ1) is 6.60. The van der Waals surface area contributed by atoms with E-state index in [0.29, 0.717) is 10.8 Å². The summed E-state index contributed by atoms with van der Waals surface area (Å²) in [6, 6.07) is 0. The predicted octanol–water partition coefficient (Wildman–Crippen LogP) is 1.62. The summed E-state index contributed by atoms with van der Waals surface area (Å²) in [5, 5.41) is 0. The molecule has 1 aliphatic carbocycles. The zero-order valence-electron chi connectivity index (χ0n) is 9.42. The van der Waals surface area contributed by atoms with Gasteiger partial charge in [0, 0.05) is 26.2 Å². The molecule has 0 bridgehead atoms. The molecule has 2 heteroatoms. The number of nitrogens with zero attached hydrogens (tertiary/aromatic N) is 1. The van der Waals surface area contributed by atoms with Gasteiger partial charge in [0.15, 0.2) is 0 Å². The van der Waals surface area contributed by atoms with Crippen LogP contribution in [0.3, 0.4) is 0 Å². The summed E-state index contributed by atoms with van der Waals surface area (Å²) in [4.78, 5) is 2.53. The maximum Gasteiger partial charge on any atom is 0.0105 e. The first kappa shape index (κ1) is 10.2. The number of likely N-dealkylation sites (tertiary alicyclic amines) is 1. The Morgan fingerprint density at radius 1 is 1.14 bits per heavy atom. The molecule has 2 N–H and O–H groups in total. The molecule has 1 aliphatic heterocycles. The molecule has 14 heavy (non-hydrogen) atoms. The number of hydrogen-bond donors (Lipinski definition) is 1. The van der Waals surface area contributed by atoms with Crippen molar-refractivity contribution in [2.75, 3.05) is 26.2 Å².